The summed E-state index contributed by atoms with van der Waals surface area (Å²) in [6.45, 7) is 3.95. The summed E-state index contributed by atoms with van der Waals surface area (Å²) in [4.78, 5) is 0. The Balaban J connectivity index is 1.76. The number of nitrogens with zero attached hydrogens (tertiary/aromatic N) is 2. The third kappa shape index (κ3) is 3.76. The maximum absolute atomic E-state index is 11.8. The molecule has 7 heteroatoms. The molecule has 3 rings (SSSR count). The molecule has 130 valence electrons. The maximum Gasteiger partial charge on any atom is 0.220 e. The van der Waals surface area contributed by atoms with Crippen molar-refractivity contribution >= 4 is 10.1 Å². The van der Waals surface area contributed by atoms with Gasteiger partial charge in [-0.05, 0) is 49.9 Å². The minimum atomic E-state index is -4.37. The molecule has 2 fully saturated rings. The number of hydrogen-bond acceptors (Lipinski definition) is 6. The van der Waals surface area contributed by atoms with E-state index < -0.39 is 21.3 Å². The van der Waals surface area contributed by atoms with Crippen LogP contribution in [0.15, 0.2) is 4.42 Å². The lowest BCUT2D eigenvalue weighted by molar-refractivity contribution is 0.158. The van der Waals surface area contributed by atoms with Crippen molar-refractivity contribution in [2.75, 3.05) is 0 Å². The van der Waals surface area contributed by atoms with E-state index in [2.05, 4.69) is 17.1 Å². The topological polar surface area (TPSA) is 96.1 Å². The van der Waals surface area contributed by atoms with Crippen LogP contribution in [0.3, 0.4) is 0 Å². The first-order chi connectivity index (χ1) is 10.8. The monoisotopic (exact) mass is 341 g/mol. The molecule has 0 aliphatic heterocycles. The highest BCUT2D eigenvalue weighted by Gasteiger charge is 2.41. The van der Waals surface area contributed by atoms with Gasteiger partial charge in [-0.2, -0.15) is 0 Å². The Morgan fingerprint density at radius 1 is 1.04 bits per heavy atom. The molecular weight excluding hydrogens is 316 g/mol. The van der Waals surface area contributed by atoms with Gasteiger partial charge in [-0.1, -0.05) is 19.8 Å². The van der Waals surface area contributed by atoms with Crippen molar-refractivity contribution in [1.29, 1.82) is 0 Å². The summed E-state index contributed by atoms with van der Waals surface area (Å²) < 4.78 is 40.9. The van der Waals surface area contributed by atoms with Gasteiger partial charge in [0, 0.05) is 6.92 Å². The number of rotatable bonds is 3. The van der Waals surface area contributed by atoms with Gasteiger partial charge in [0.2, 0.25) is 11.8 Å². The number of hydrogen-bond donors (Lipinski definition) is 0. The van der Waals surface area contributed by atoms with Gasteiger partial charge in [-0.3, -0.25) is 0 Å². The Kier molecular flexibility index (Phi) is 4.78. The maximum atomic E-state index is 11.8. The van der Waals surface area contributed by atoms with Crippen LogP contribution < -0.4 is 0 Å². The van der Waals surface area contributed by atoms with Gasteiger partial charge in [0.1, 0.15) is 0 Å². The van der Waals surface area contributed by atoms with E-state index >= 15 is 0 Å². The van der Waals surface area contributed by atoms with Crippen molar-refractivity contribution < 1.29 is 17.4 Å². The van der Waals surface area contributed by atoms with Crippen molar-refractivity contribution in [3.05, 3.63) is 11.8 Å². The molecule has 0 saturated heterocycles. The molecule has 2 saturated carbocycles. The Bertz CT molecular complexity index is 634. The molecule has 0 N–H and O–H groups in total. The van der Waals surface area contributed by atoms with Crippen LogP contribution >= 0.6 is 0 Å². The molecule has 2 aliphatic rings. The van der Waals surface area contributed by atoms with E-state index in [0.717, 1.165) is 25.2 Å². The first-order valence-corrected chi connectivity index (χ1v) is 10.1. The summed E-state index contributed by atoms with van der Waals surface area (Å²) in [7, 11) is -4.37. The van der Waals surface area contributed by atoms with Gasteiger partial charge in [0.15, 0.2) is 0 Å². The summed E-state index contributed by atoms with van der Waals surface area (Å²) in [5.74, 6) is 1.92. The Morgan fingerprint density at radius 3 is 2.26 bits per heavy atom. The van der Waals surface area contributed by atoms with Crippen LogP contribution in [0.5, 0.6) is 0 Å². The lowest BCUT2D eigenvalue weighted by Crippen LogP contribution is -2.37. The average molecular weight is 341 g/mol. The average Bonchev–Trinajstić information content (AvgIpc) is 2.93. The highest BCUT2D eigenvalue weighted by atomic mass is 32.2. The molecule has 1 aromatic rings. The lowest BCUT2D eigenvalue weighted by atomic mass is 9.69. The standard InChI is InChI=1S/C16H26N2O4S/c1-10-3-5-12(6-4-10)13-7-8-14(15(9-13)23(19,20)21)16-18-17-11(2)22-16/h10,12-15H,3-9H2,1-2H3,(H,19,20,21)/p-1. The summed E-state index contributed by atoms with van der Waals surface area (Å²) in [5.41, 5.74) is 0. The van der Waals surface area contributed by atoms with E-state index in [1.54, 1.807) is 6.92 Å². The molecule has 0 aromatic carbocycles. The van der Waals surface area contributed by atoms with E-state index in [-0.39, 0.29) is 0 Å². The molecule has 3 atom stereocenters. The second-order valence-electron chi connectivity index (χ2n) is 7.39. The first-order valence-electron chi connectivity index (χ1n) is 8.59. The predicted octanol–water partition coefficient (Wildman–Crippen LogP) is 3.00. The second-order valence-corrected chi connectivity index (χ2v) is 8.98. The van der Waals surface area contributed by atoms with E-state index in [0.29, 0.717) is 36.5 Å². The quantitative estimate of drug-likeness (QED) is 0.784. The van der Waals surface area contributed by atoms with Crippen LogP contribution in [0.4, 0.5) is 0 Å². The van der Waals surface area contributed by atoms with Crippen LogP contribution in [0.2, 0.25) is 0 Å². The summed E-state index contributed by atoms with van der Waals surface area (Å²) in [6, 6.07) is 0. The fourth-order valence-electron chi connectivity index (χ4n) is 4.41. The number of aryl methyl sites for hydroxylation is 1. The zero-order valence-electron chi connectivity index (χ0n) is 13.8. The van der Waals surface area contributed by atoms with E-state index in [1.807, 2.05) is 0 Å². The largest absolute Gasteiger partial charge is 0.748 e. The van der Waals surface area contributed by atoms with Gasteiger partial charge in [0.25, 0.3) is 0 Å². The second kappa shape index (κ2) is 6.51. The molecule has 1 aromatic heterocycles. The molecule has 23 heavy (non-hydrogen) atoms. The van der Waals surface area contributed by atoms with Crippen molar-refractivity contribution in [3.8, 4) is 0 Å². The molecule has 2 aliphatic carbocycles. The third-order valence-corrected chi connectivity index (χ3v) is 7.05. The van der Waals surface area contributed by atoms with Gasteiger partial charge >= 0.3 is 0 Å². The minimum absolute atomic E-state index is 0.308. The van der Waals surface area contributed by atoms with Gasteiger partial charge in [-0.15, -0.1) is 10.2 Å². The smallest absolute Gasteiger partial charge is 0.220 e. The summed E-state index contributed by atoms with van der Waals surface area (Å²) in [5, 5.41) is 6.81. The lowest BCUT2D eigenvalue weighted by Gasteiger charge is -2.41. The fraction of sp³-hybridized carbons (Fsp3) is 0.875. The Morgan fingerprint density at radius 2 is 1.70 bits per heavy atom. The van der Waals surface area contributed by atoms with E-state index in [9.17, 15) is 13.0 Å². The molecular formula is C16H25N2O4S-. The zero-order chi connectivity index (χ0) is 16.6. The van der Waals surface area contributed by atoms with Gasteiger partial charge in [0.05, 0.1) is 21.3 Å². The fourth-order valence-corrected chi connectivity index (χ4v) is 5.55. The van der Waals surface area contributed by atoms with Crippen LogP contribution in [0, 0.1) is 24.7 Å². The molecule has 6 nitrogen and oxygen atoms in total. The summed E-state index contributed by atoms with van der Waals surface area (Å²) in [6.07, 6.45) is 6.76. The Labute approximate surface area is 137 Å². The zero-order valence-corrected chi connectivity index (χ0v) is 14.6. The van der Waals surface area contributed by atoms with Crippen LogP contribution in [-0.2, 0) is 10.1 Å². The molecule has 0 bridgehead atoms. The molecule has 0 amide bonds. The van der Waals surface area contributed by atoms with E-state index in [4.69, 9.17) is 4.42 Å². The first kappa shape index (κ1) is 16.9. The molecule has 0 radical (unpaired) electrons. The molecule has 1 heterocycles. The molecule has 3 unspecified atom stereocenters. The van der Waals surface area contributed by atoms with Crippen LogP contribution in [-0.4, -0.2) is 28.4 Å². The van der Waals surface area contributed by atoms with E-state index in [1.165, 1.54) is 12.8 Å². The molecule has 0 spiro atoms. The van der Waals surface area contributed by atoms with Crippen molar-refractivity contribution in [2.45, 2.75) is 70.0 Å². The van der Waals surface area contributed by atoms with Gasteiger partial charge in [-0.25, -0.2) is 8.42 Å². The highest BCUT2D eigenvalue weighted by molar-refractivity contribution is 7.86. The third-order valence-electron chi connectivity index (χ3n) is 5.79. The minimum Gasteiger partial charge on any atom is -0.748 e. The predicted molar refractivity (Wildman–Crippen MR) is 83.7 cm³/mol. The summed E-state index contributed by atoms with van der Waals surface area (Å²) >= 11 is 0. The Hall–Kier alpha value is -0.950. The SMILES string of the molecule is Cc1nnc(C2CCC(C3CCC(C)CC3)CC2S(=O)(=O)[O-])o1. The van der Waals surface area contributed by atoms with Crippen LogP contribution in [0.25, 0.3) is 0 Å². The highest BCUT2D eigenvalue weighted by Crippen LogP contribution is 2.45. The van der Waals surface area contributed by atoms with Crippen LogP contribution in [0.1, 0.15) is 69.6 Å². The number of aromatic nitrogens is 2. The van der Waals surface area contributed by atoms with Crippen molar-refractivity contribution in [3.63, 3.8) is 0 Å². The normalized spacial score (nSPS) is 36.0. The van der Waals surface area contributed by atoms with Crippen molar-refractivity contribution in [2.24, 2.45) is 17.8 Å². The van der Waals surface area contributed by atoms with Gasteiger partial charge < -0.3 is 8.97 Å². The van der Waals surface area contributed by atoms with Crippen molar-refractivity contribution in [1.82, 2.24) is 10.2 Å².